The van der Waals surface area contributed by atoms with Gasteiger partial charge in [-0.3, -0.25) is 4.98 Å². The number of aliphatic hydroxyl groups excluding tert-OH is 1. The summed E-state index contributed by atoms with van der Waals surface area (Å²) in [5, 5.41) is 10.6. The van der Waals surface area contributed by atoms with Gasteiger partial charge in [0.1, 0.15) is 0 Å². The van der Waals surface area contributed by atoms with Crippen LogP contribution >= 0.6 is 0 Å². The molecule has 124 valence electrons. The van der Waals surface area contributed by atoms with Gasteiger partial charge in [0.2, 0.25) is 0 Å². The van der Waals surface area contributed by atoms with E-state index in [1.807, 2.05) is 12.3 Å². The van der Waals surface area contributed by atoms with Gasteiger partial charge in [0.25, 0.3) is 0 Å². The Morgan fingerprint density at radius 2 is 2.17 bits per heavy atom. The minimum atomic E-state index is 0.0203. The molecule has 4 heteroatoms. The van der Waals surface area contributed by atoms with Gasteiger partial charge >= 0.3 is 0 Å². The summed E-state index contributed by atoms with van der Waals surface area (Å²) in [6.07, 6.45) is 9.40. The van der Waals surface area contributed by atoms with E-state index in [1.165, 1.54) is 35.9 Å². The maximum Gasteiger partial charge on any atom is 0.0697 e. The van der Waals surface area contributed by atoms with Crippen molar-refractivity contribution in [2.75, 3.05) is 13.6 Å². The number of aromatic amines is 1. The highest BCUT2D eigenvalue weighted by atomic mass is 16.3. The summed E-state index contributed by atoms with van der Waals surface area (Å²) in [5.41, 5.74) is 5.60. The molecule has 2 N–H and O–H groups in total. The highest BCUT2D eigenvalue weighted by Crippen LogP contribution is 2.29. The van der Waals surface area contributed by atoms with Gasteiger partial charge in [-0.1, -0.05) is 6.07 Å². The number of nitrogens with one attached hydrogen (secondary N) is 1. The number of fused-ring (bicyclic) bond motifs is 1. The van der Waals surface area contributed by atoms with Crippen molar-refractivity contribution < 1.29 is 5.11 Å². The molecule has 2 aromatic heterocycles. The highest BCUT2D eigenvalue weighted by Gasteiger charge is 2.22. The third kappa shape index (κ3) is 2.83. The van der Waals surface area contributed by atoms with Gasteiger partial charge < -0.3 is 15.0 Å². The Morgan fingerprint density at radius 1 is 1.25 bits per heavy atom. The molecule has 1 atom stereocenters. The lowest BCUT2D eigenvalue weighted by Crippen LogP contribution is -2.26. The fraction of sp³-hybridized carbons (Fsp3) is 0.350. The summed E-state index contributed by atoms with van der Waals surface area (Å²) >= 11 is 0. The summed E-state index contributed by atoms with van der Waals surface area (Å²) in [5.74, 6) is 0. The van der Waals surface area contributed by atoms with E-state index in [0.717, 1.165) is 23.1 Å². The molecule has 0 unspecified atom stereocenters. The molecule has 0 aliphatic carbocycles. The molecular formula is C20H23N3O. The lowest BCUT2D eigenvalue weighted by molar-refractivity contribution is 0.281. The van der Waals surface area contributed by atoms with E-state index in [4.69, 9.17) is 0 Å². The predicted molar refractivity (Wildman–Crippen MR) is 96.8 cm³/mol. The Morgan fingerprint density at radius 3 is 2.96 bits per heavy atom. The Hall–Kier alpha value is -2.17. The van der Waals surface area contributed by atoms with Crippen LogP contribution in [0.4, 0.5) is 0 Å². The first-order valence-corrected chi connectivity index (χ1v) is 8.60. The number of H-pyrrole nitrogens is 1. The van der Waals surface area contributed by atoms with Crippen molar-refractivity contribution in [2.45, 2.75) is 31.9 Å². The molecule has 24 heavy (non-hydrogen) atoms. The monoisotopic (exact) mass is 321 g/mol. The minimum absolute atomic E-state index is 0.0203. The normalized spacial score (nSPS) is 18.5. The van der Waals surface area contributed by atoms with Crippen LogP contribution in [0, 0.1) is 0 Å². The number of rotatable bonds is 4. The van der Waals surface area contributed by atoms with Crippen molar-refractivity contribution in [1.82, 2.24) is 14.9 Å². The van der Waals surface area contributed by atoms with Gasteiger partial charge in [-0.05, 0) is 67.7 Å². The molecule has 1 aliphatic rings. The summed E-state index contributed by atoms with van der Waals surface area (Å²) in [4.78, 5) is 10.1. The topological polar surface area (TPSA) is 52.2 Å². The second kappa shape index (κ2) is 6.38. The van der Waals surface area contributed by atoms with E-state index in [2.05, 4.69) is 46.3 Å². The van der Waals surface area contributed by atoms with Crippen LogP contribution < -0.4 is 0 Å². The zero-order chi connectivity index (χ0) is 16.5. The van der Waals surface area contributed by atoms with E-state index in [0.29, 0.717) is 6.04 Å². The molecule has 1 fully saturated rings. The van der Waals surface area contributed by atoms with Gasteiger partial charge in [-0.15, -0.1) is 0 Å². The average Bonchev–Trinajstić information content (AvgIpc) is 3.21. The van der Waals surface area contributed by atoms with Crippen molar-refractivity contribution in [1.29, 1.82) is 0 Å². The van der Waals surface area contributed by atoms with Crippen molar-refractivity contribution in [3.63, 3.8) is 0 Å². The maximum atomic E-state index is 9.33. The smallest absolute Gasteiger partial charge is 0.0697 e. The number of hydrogen-bond acceptors (Lipinski definition) is 3. The molecule has 1 saturated heterocycles. The Bertz CT molecular complexity index is 855. The van der Waals surface area contributed by atoms with E-state index in [9.17, 15) is 5.11 Å². The van der Waals surface area contributed by atoms with Crippen LogP contribution in [-0.2, 0) is 13.0 Å². The molecular weight excluding hydrogens is 298 g/mol. The van der Waals surface area contributed by atoms with Gasteiger partial charge in [0.05, 0.1) is 6.61 Å². The third-order valence-electron chi connectivity index (χ3n) is 5.21. The zero-order valence-electron chi connectivity index (χ0n) is 14.0. The van der Waals surface area contributed by atoms with Crippen LogP contribution in [0.15, 0.2) is 42.9 Å². The lowest BCUT2D eigenvalue weighted by atomic mass is 9.99. The second-order valence-electron chi connectivity index (χ2n) is 6.80. The molecule has 0 bridgehead atoms. The third-order valence-corrected chi connectivity index (χ3v) is 5.21. The quantitative estimate of drug-likeness (QED) is 0.775. The van der Waals surface area contributed by atoms with Crippen molar-refractivity contribution in [3.05, 3.63) is 54.0 Å². The average molecular weight is 321 g/mol. The first-order valence-electron chi connectivity index (χ1n) is 8.60. The number of nitrogens with zero attached hydrogens (tertiary/aromatic N) is 2. The fourth-order valence-corrected chi connectivity index (χ4v) is 3.75. The van der Waals surface area contributed by atoms with Crippen LogP contribution in [0.5, 0.6) is 0 Å². The second-order valence-corrected chi connectivity index (χ2v) is 6.80. The number of hydrogen-bond donors (Lipinski definition) is 2. The Kier molecular flexibility index (Phi) is 4.08. The molecule has 3 heterocycles. The largest absolute Gasteiger partial charge is 0.392 e. The summed E-state index contributed by atoms with van der Waals surface area (Å²) in [7, 11) is 2.23. The van der Waals surface area contributed by atoms with Crippen LogP contribution in [0.1, 0.15) is 24.0 Å². The zero-order valence-corrected chi connectivity index (χ0v) is 14.0. The van der Waals surface area contributed by atoms with Gasteiger partial charge in [0.15, 0.2) is 0 Å². The van der Waals surface area contributed by atoms with E-state index in [-0.39, 0.29) is 6.61 Å². The molecule has 4 nitrogen and oxygen atoms in total. The highest BCUT2D eigenvalue weighted by molar-refractivity contribution is 5.88. The molecule has 1 aliphatic heterocycles. The Labute approximate surface area is 142 Å². The molecule has 3 aromatic rings. The molecule has 0 spiro atoms. The van der Waals surface area contributed by atoms with Crippen LogP contribution in [0.2, 0.25) is 0 Å². The van der Waals surface area contributed by atoms with Gasteiger partial charge in [-0.25, -0.2) is 0 Å². The SMILES string of the molecule is CN1CCC[C@@H]1Cc1c[nH]c2ccc(-c3cncc(CO)c3)cc12. The fourth-order valence-electron chi connectivity index (χ4n) is 3.75. The number of aromatic nitrogens is 2. The molecule has 0 saturated carbocycles. The van der Waals surface area contributed by atoms with E-state index < -0.39 is 0 Å². The van der Waals surface area contributed by atoms with Crippen LogP contribution in [0.25, 0.3) is 22.0 Å². The summed E-state index contributed by atoms with van der Waals surface area (Å²) in [6.45, 7) is 1.23. The standard InChI is InChI=1S/C20H23N3O/c1-23-6-2-3-18(23)8-17-12-22-20-5-4-15(9-19(17)20)16-7-14(13-24)10-21-11-16/h4-5,7,9-12,18,22,24H,2-3,6,8,13H2,1H3/t18-/m1/s1. The Balaban J connectivity index is 1.70. The molecule has 0 amide bonds. The van der Waals surface area contributed by atoms with E-state index in [1.54, 1.807) is 6.20 Å². The molecule has 1 aromatic carbocycles. The summed E-state index contributed by atoms with van der Waals surface area (Å²) in [6, 6.07) is 9.15. The molecule has 0 radical (unpaired) electrons. The van der Waals surface area contributed by atoms with Gasteiger partial charge in [0, 0.05) is 41.1 Å². The first kappa shape index (κ1) is 15.4. The maximum absolute atomic E-state index is 9.33. The molecule has 4 rings (SSSR count). The van der Waals surface area contributed by atoms with Crippen molar-refractivity contribution in [2.24, 2.45) is 0 Å². The number of pyridine rings is 1. The van der Waals surface area contributed by atoms with Gasteiger partial charge in [-0.2, -0.15) is 0 Å². The number of likely N-dealkylation sites (tertiary alicyclic amines) is 1. The van der Waals surface area contributed by atoms with Crippen molar-refractivity contribution >= 4 is 10.9 Å². The number of benzene rings is 1. The first-order chi connectivity index (χ1) is 11.7. The number of likely N-dealkylation sites (N-methyl/N-ethyl adjacent to an activating group) is 1. The number of aliphatic hydroxyl groups is 1. The van der Waals surface area contributed by atoms with Crippen LogP contribution in [-0.4, -0.2) is 39.6 Å². The lowest BCUT2D eigenvalue weighted by Gasteiger charge is -2.18. The van der Waals surface area contributed by atoms with E-state index >= 15 is 0 Å². The minimum Gasteiger partial charge on any atom is -0.392 e. The van der Waals surface area contributed by atoms with Crippen molar-refractivity contribution in [3.8, 4) is 11.1 Å². The predicted octanol–water partition coefficient (Wildman–Crippen LogP) is 3.36. The summed E-state index contributed by atoms with van der Waals surface area (Å²) < 4.78 is 0. The van der Waals surface area contributed by atoms with Crippen LogP contribution in [0.3, 0.4) is 0 Å².